The Kier molecular flexibility index (Phi) is 7.54. The number of benzene rings is 1. The van der Waals surface area contributed by atoms with Crippen molar-refractivity contribution in [1.82, 2.24) is 0 Å². The third-order valence-electron chi connectivity index (χ3n) is 2.78. The molecule has 5 heteroatoms. The topological polar surface area (TPSA) is 68.2 Å². The third-order valence-corrected chi connectivity index (χ3v) is 2.78. The molecule has 0 heterocycles. The Morgan fingerprint density at radius 3 is 2.20 bits per heavy atom. The zero-order chi connectivity index (χ0) is 15.0. The first kappa shape index (κ1) is 16.9. The molecule has 2 N–H and O–H groups in total. The number of ether oxygens (including phenoxy) is 3. The Morgan fingerprint density at radius 2 is 1.65 bits per heavy atom. The van der Waals surface area contributed by atoms with E-state index in [2.05, 4.69) is 0 Å². The van der Waals surface area contributed by atoms with Crippen molar-refractivity contribution in [3.8, 4) is 5.75 Å². The average Bonchev–Trinajstić information content (AvgIpc) is 2.43. The zero-order valence-electron chi connectivity index (χ0n) is 12.3. The summed E-state index contributed by atoms with van der Waals surface area (Å²) in [6.07, 6.45) is -1.24. The molecule has 114 valence electrons. The summed E-state index contributed by atoms with van der Waals surface area (Å²) in [4.78, 5) is 0. The van der Waals surface area contributed by atoms with Crippen molar-refractivity contribution >= 4 is 0 Å². The van der Waals surface area contributed by atoms with Gasteiger partial charge in [0, 0.05) is 7.11 Å². The van der Waals surface area contributed by atoms with Crippen LogP contribution in [-0.4, -0.2) is 49.4 Å². The van der Waals surface area contributed by atoms with Gasteiger partial charge in [-0.2, -0.15) is 0 Å². The smallest absolute Gasteiger partial charge is 0.119 e. The van der Waals surface area contributed by atoms with E-state index in [9.17, 15) is 10.2 Å². The van der Waals surface area contributed by atoms with Crippen molar-refractivity contribution in [1.29, 1.82) is 0 Å². The number of rotatable bonds is 9. The van der Waals surface area contributed by atoms with Gasteiger partial charge in [0.1, 0.15) is 18.5 Å². The minimum Gasteiger partial charge on any atom is -0.491 e. The number of methoxy groups -OCH3 is 1. The monoisotopic (exact) mass is 284 g/mol. The minimum absolute atomic E-state index is 0.0556. The van der Waals surface area contributed by atoms with E-state index >= 15 is 0 Å². The summed E-state index contributed by atoms with van der Waals surface area (Å²) in [5.41, 5.74) is 0.828. The van der Waals surface area contributed by atoms with Crippen molar-refractivity contribution in [2.24, 2.45) is 0 Å². The normalized spacial score (nSPS) is 15.7. The maximum Gasteiger partial charge on any atom is 0.119 e. The first-order chi connectivity index (χ1) is 9.52. The fraction of sp³-hybridized carbons (Fsp3) is 0.600. The van der Waals surface area contributed by atoms with Gasteiger partial charge in [0.25, 0.3) is 0 Å². The highest BCUT2D eigenvalue weighted by molar-refractivity contribution is 5.28. The van der Waals surface area contributed by atoms with Crippen LogP contribution in [0.25, 0.3) is 0 Å². The largest absolute Gasteiger partial charge is 0.491 e. The van der Waals surface area contributed by atoms with Crippen LogP contribution in [0, 0.1) is 0 Å². The predicted molar refractivity (Wildman–Crippen MR) is 75.9 cm³/mol. The van der Waals surface area contributed by atoms with Crippen molar-refractivity contribution in [2.75, 3.05) is 26.9 Å². The van der Waals surface area contributed by atoms with Gasteiger partial charge in [-0.15, -0.1) is 0 Å². The lowest BCUT2D eigenvalue weighted by Gasteiger charge is -2.16. The van der Waals surface area contributed by atoms with Gasteiger partial charge < -0.3 is 24.4 Å². The first-order valence-electron chi connectivity index (χ1n) is 6.72. The van der Waals surface area contributed by atoms with Gasteiger partial charge in [-0.1, -0.05) is 12.1 Å². The van der Waals surface area contributed by atoms with Crippen LogP contribution in [0.5, 0.6) is 5.75 Å². The highest BCUT2D eigenvalue weighted by Gasteiger charge is 2.09. The van der Waals surface area contributed by atoms with E-state index in [1.165, 1.54) is 0 Å². The summed E-state index contributed by atoms with van der Waals surface area (Å²) in [5.74, 6) is 0.651. The summed E-state index contributed by atoms with van der Waals surface area (Å²) in [6, 6.07) is 7.12. The molecule has 0 amide bonds. The quantitative estimate of drug-likeness (QED) is 0.720. The molecule has 20 heavy (non-hydrogen) atoms. The Balaban J connectivity index is 2.28. The summed E-state index contributed by atoms with van der Waals surface area (Å²) >= 11 is 0. The Bertz CT molecular complexity index is 363. The molecular formula is C15H24O5. The Labute approximate surface area is 120 Å². The molecule has 1 aromatic rings. The highest BCUT2D eigenvalue weighted by atomic mass is 16.5. The molecule has 3 unspecified atom stereocenters. The molecule has 0 radical (unpaired) electrons. The molecule has 5 nitrogen and oxygen atoms in total. The van der Waals surface area contributed by atoms with E-state index in [0.29, 0.717) is 12.4 Å². The summed E-state index contributed by atoms with van der Waals surface area (Å²) in [7, 11) is 1.61. The maximum atomic E-state index is 9.74. The molecule has 0 spiro atoms. The van der Waals surface area contributed by atoms with Gasteiger partial charge in [0.05, 0.1) is 25.4 Å². The van der Waals surface area contributed by atoms with E-state index in [1.807, 2.05) is 6.92 Å². The molecule has 1 rings (SSSR count). The standard InChI is InChI=1S/C15H24O5/c1-11(8-18-3)19-9-14(17)10-20-15-6-4-13(5-7-15)12(2)16/h4-7,11-12,14,16-17H,8-10H2,1-3H3. The van der Waals surface area contributed by atoms with E-state index in [1.54, 1.807) is 38.3 Å². The van der Waals surface area contributed by atoms with Crippen LogP contribution in [0.2, 0.25) is 0 Å². The summed E-state index contributed by atoms with van der Waals surface area (Å²) < 4.78 is 15.8. The molecule has 3 atom stereocenters. The van der Waals surface area contributed by atoms with E-state index < -0.39 is 12.2 Å². The second kappa shape index (κ2) is 8.92. The van der Waals surface area contributed by atoms with Gasteiger partial charge in [0.2, 0.25) is 0 Å². The first-order valence-corrected chi connectivity index (χ1v) is 6.72. The lowest BCUT2D eigenvalue weighted by Crippen LogP contribution is -2.27. The molecule has 0 bridgehead atoms. The molecule has 0 fully saturated rings. The average molecular weight is 284 g/mol. The SMILES string of the molecule is COCC(C)OCC(O)COc1ccc(C(C)O)cc1. The number of hydrogen-bond donors (Lipinski definition) is 2. The molecule has 1 aromatic carbocycles. The molecule has 0 aromatic heterocycles. The second-order valence-electron chi connectivity index (χ2n) is 4.81. The fourth-order valence-corrected chi connectivity index (χ4v) is 1.64. The molecule has 0 saturated heterocycles. The van der Waals surface area contributed by atoms with Crippen molar-refractivity contribution in [3.63, 3.8) is 0 Å². The lowest BCUT2D eigenvalue weighted by molar-refractivity contribution is -0.0423. The second-order valence-corrected chi connectivity index (χ2v) is 4.81. The van der Waals surface area contributed by atoms with E-state index in [4.69, 9.17) is 14.2 Å². The van der Waals surface area contributed by atoms with Gasteiger partial charge >= 0.3 is 0 Å². The Morgan fingerprint density at radius 1 is 1.00 bits per heavy atom. The molecule has 0 aliphatic heterocycles. The maximum absolute atomic E-state index is 9.74. The predicted octanol–water partition coefficient (Wildman–Crippen LogP) is 1.53. The number of aliphatic hydroxyl groups is 2. The molecule has 0 aliphatic carbocycles. The minimum atomic E-state index is -0.689. The summed E-state index contributed by atoms with van der Waals surface area (Å²) in [6.45, 7) is 4.45. The highest BCUT2D eigenvalue weighted by Crippen LogP contribution is 2.17. The van der Waals surface area contributed by atoms with Crippen LogP contribution in [0.4, 0.5) is 0 Å². The van der Waals surface area contributed by atoms with E-state index in [-0.39, 0.29) is 19.3 Å². The Hall–Kier alpha value is -1.14. The van der Waals surface area contributed by atoms with Gasteiger partial charge in [-0.25, -0.2) is 0 Å². The van der Waals surface area contributed by atoms with Crippen molar-refractivity contribution < 1.29 is 24.4 Å². The molecule has 0 aliphatic rings. The summed E-state index contributed by atoms with van der Waals surface area (Å²) in [5, 5.41) is 19.1. The third kappa shape index (κ3) is 6.34. The van der Waals surface area contributed by atoms with Crippen LogP contribution in [0.1, 0.15) is 25.5 Å². The molecular weight excluding hydrogens is 260 g/mol. The van der Waals surface area contributed by atoms with Crippen molar-refractivity contribution in [2.45, 2.75) is 32.2 Å². The van der Waals surface area contributed by atoms with Crippen LogP contribution < -0.4 is 4.74 Å². The van der Waals surface area contributed by atoms with Crippen LogP contribution in [0.3, 0.4) is 0 Å². The molecule has 0 saturated carbocycles. The lowest BCUT2D eigenvalue weighted by atomic mass is 10.1. The van der Waals surface area contributed by atoms with Crippen molar-refractivity contribution in [3.05, 3.63) is 29.8 Å². The van der Waals surface area contributed by atoms with Crippen LogP contribution in [0.15, 0.2) is 24.3 Å². The van der Waals surface area contributed by atoms with Crippen LogP contribution in [-0.2, 0) is 9.47 Å². The number of hydrogen-bond acceptors (Lipinski definition) is 5. The fourth-order valence-electron chi connectivity index (χ4n) is 1.64. The van der Waals surface area contributed by atoms with Gasteiger partial charge in [-0.3, -0.25) is 0 Å². The van der Waals surface area contributed by atoms with Crippen LogP contribution >= 0.6 is 0 Å². The van der Waals surface area contributed by atoms with Gasteiger partial charge in [0.15, 0.2) is 0 Å². The number of aliphatic hydroxyl groups excluding tert-OH is 2. The van der Waals surface area contributed by atoms with E-state index in [0.717, 1.165) is 5.56 Å². The zero-order valence-corrected chi connectivity index (χ0v) is 12.3. The van der Waals surface area contributed by atoms with Gasteiger partial charge in [-0.05, 0) is 31.5 Å².